The second kappa shape index (κ2) is 21.2. The lowest BCUT2D eigenvalue weighted by atomic mass is 9.88. The predicted octanol–water partition coefficient (Wildman–Crippen LogP) is 8.47. The minimum absolute atomic E-state index is 0.0166. The lowest BCUT2D eigenvalue weighted by molar-refractivity contribution is -0.147. The Morgan fingerprint density at radius 1 is 0.667 bits per heavy atom. The summed E-state index contributed by atoms with van der Waals surface area (Å²) in [6.45, 7) is 4.82. The number of esters is 2. The van der Waals surface area contributed by atoms with Gasteiger partial charge in [-0.05, 0) is 31.6 Å². The summed E-state index contributed by atoms with van der Waals surface area (Å²) in [6.07, 6.45) is 27.9. The summed E-state index contributed by atoms with van der Waals surface area (Å²) in [5.41, 5.74) is 0. The molecule has 0 aliphatic heterocycles. The lowest BCUT2D eigenvalue weighted by Gasteiger charge is -2.27. The van der Waals surface area contributed by atoms with Crippen molar-refractivity contribution >= 4 is 11.9 Å². The van der Waals surface area contributed by atoms with E-state index in [0.717, 1.165) is 32.1 Å². The molecule has 2 unspecified atom stereocenters. The van der Waals surface area contributed by atoms with E-state index in [1.165, 1.54) is 108 Å². The zero-order chi connectivity index (χ0) is 24.0. The maximum Gasteiger partial charge on any atom is 0.331 e. The van der Waals surface area contributed by atoms with Crippen LogP contribution in [0.15, 0.2) is 12.2 Å². The van der Waals surface area contributed by atoms with E-state index in [9.17, 15) is 9.59 Å². The van der Waals surface area contributed by atoms with Gasteiger partial charge in [0.15, 0.2) is 0 Å². The normalized spacial score (nSPS) is 18.5. The van der Waals surface area contributed by atoms with Crippen LogP contribution in [0.1, 0.15) is 142 Å². The van der Waals surface area contributed by atoms with E-state index < -0.39 is 11.9 Å². The smallest absolute Gasteiger partial charge is 0.331 e. The Bertz CT molecular complexity index is 514. The van der Waals surface area contributed by atoms with Gasteiger partial charge in [0.05, 0.1) is 6.61 Å². The van der Waals surface area contributed by atoms with E-state index in [-0.39, 0.29) is 6.10 Å². The highest BCUT2D eigenvalue weighted by atomic mass is 16.5. The van der Waals surface area contributed by atoms with Crippen molar-refractivity contribution in [3.63, 3.8) is 0 Å². The highest BCUT2D eigenvalue weighted by Crippen LogP contribution is 2.26. The van der Waals surface area contributed by atoms with Gasteiger partial charge >= 0.3 is 11.9 Å². The first-order chi connectivity index (χ1) is 16.1. The molecule has 1 aliphatic carbocycles. The summed E-state index contributed by atoms with van der Waals surface area (Å²) < 4.78 is 10.6. The van der Waals surface area contributed by atoms with Gasteiger partial charge in [-0.1, -0.05) is 117 Å². The largest absolute Gasteiger partial charge is 0.463 e. The quantitative estimate of drug-likeness (QED) is 0.103. The molecular weight excluding hydrogens is 412 g/mol. The van der Waals surface area contributed by atoms with Gasteiger partial charge in [0, 0.05) is 12.2 Å². The third-order valence-electron chi connectivity index (χ3n) is 6.90. The van der Waals surface area contributed by atoms with E-state index in [1.807, 2.05) is 0 Å². The van der Waals surface area contributed by atoms with E-state index in [0.29, 0.717) is 12.5 Å². The molecule has 0 aromatic heterocycles. The first kappa shape index (κ1) is 29.7. The van der Waals surface area contributed by atoms with Gasteiger partial charge in [0.1, 0.15) is 6.10 Å². The molecule has 0 radical (unpaired) electrons. The monoisotopic (exact) mass is 464 g/mol. The molecule has 0 bridgehead atoms. The van der Waals surface area contributed by atoms with Gasteiger partial charge in [0.25, 0.3) is 0 Å². The van der Waals surface area contributed by atoms with Gasteiger partial charge < -0.3 is 9.47 Å². The summed E-state index contributed by atoms with van der Waals surface area (Å²) >= 11 is 0. The standard InChI is InChI=1S/C29H52O4/c1-3-4-5-6-7-8-9-10-11-12-13-14-15-16-17-20-25-32-28(30)23-24-29(31)33-27-22-19-18-21-26(27)2/h23-24,26-27H,3-22,25H2,1-2H3/b24-23+. The highest BCUT2D eigenvalue weighted by molar-refractivity contribution is 5.91. The Morgan fingerprint density at radius 3 is 1.64 bits per heavy atom. The van der Waals surface area contributed by atoms with Crippen molar-refractivity contribution in [3.05, 3.63) is 12.2 Å². The number of carbonyl (C=O) groups is 2. The van der Waals surface area contributed by atoms with Crippen LogP contribution < -0.4 is 0 Å². The minimum atomic E-state index is -0.454. The van der Waals surface area contributed by atoms with Crippen molar-refractivity contribution in [1.82, 2.24) is 0 Å². The Kier molecular flexibility index (Phi) is 19.1. The average Bonchev–Trinajstić information content (AvgIpc) is 2.81. The van der Waals surface area contributed by atoms with Gasteiger partial charge in [0.2, 0.25) is 0 Å². The second-order valence-corrected chi connectivity index (χ2v) is 10.0. The van der Waals surface area contributed by atoms with Crippen LogP contribution in [0.25, 0.3) is 0 Å². The molecule has 0 amide bonds. The topological polar surface area (TPSA) is 52.6 Å². The Labute approximate surface area is 204 Å². The molecule has 1 saturated carbocycles. The van der Waals surface area contributed by atoms with Crippen molar-refractivity contribution in [2.45, 2.75) is 148 Å². The first-order valence-electron chi connectivity index (χ1n) is 14.2. The number of hydrogen-bond acceptors (Lipinski definition) is 4. The molecule has 0 N–H and O–H groups in total. The molecule has 0 spiro atoms. The van der Waals surface area contributed by atoms with Crippen molar-refractivity contribution in [1.29, 1.82) is 0 Å². The molecule has 0 aromatic carbocycles. The zero-order valence-corrected chi connectivity index (χ0v) is 21.8. The summed E-state index contributed by atoms with van der Waals surface area (Å²) in [6, 6.07) is 0. The number of hydrogen-bond donors (Lipinski definition) is 0. The summed E-state index contributed by atoms with van der Waals surface area (Å²) in [7, 11) is 0. The molecule has 0 heterocycles. The number of carbonyl (C=O) groups excluding carboxylic acids is 2. The van der Waals surface area contributed by atoms with Gasteiger partial charge in [-0.25, -0.2) is 9.59 Å². The van der Waals surface area contributed by atoms with Crippen molar-refractivity contribution < 1.29 is 19.1 Å². The van der Waals surface area contributed by atoms with Crippen molar-refractivity contribution in [3.8, 4) is 0 Å². The third kappa shape index (κ3) is 17.8. The molecule has 0 saturated heterocycles. The summed E-state index contributed by atoms with van der Waals surface area (Å²) in [4.78, 5) is 23.6. The van der Waals surface area contributed by atoms with Crippen LogP contribution in [0.5, 0.6) is 0 Å². The van der Waals surface area contributed by atoms with Crippen LogP contribution in [0, 0.1) is 5.92 Å². The van der Waals surface area contributed by atoms with Gasteiger partial charge in [-0.3, -0.25) is 0 Å². The van der Waals surface area contributed by atoms with Crippen LogP contribution in [0.2, 0.25) is 0 Å². The predicted molar refractivity (Wildman–Crippen MR) is 137 cm³/mol. The molecule has 1 fully saturated rings. The molecule has 33 heavy (non-hydrogen) atoms. The lowest BCUT2D eigenvalue weighted by Crippen LogP contribution is -2.27. The number of ether oxygens (including phenoxy) is 2. The Hall–Kier alpha value is -1.32. The molecule has 4 nitrogen and oxygen atoms in total. The summed E-state index contributed by atoms with van der Waals surface area (Å²) in [5.74, 6) is -0.490. The zero-order valence-electron chi connectivity index (χ0n) is 21.8. The first-order valence-corrected chi connectivity index (χ1v) is 14.2. The van der Waals surface area contributed by atoms with Crippen LogP contribution in [-0.2, 0) is 19.1 Å². The summed E-state index contributed by atoms with van der Waals surface area (Å²) in [5, 5.41) is 0. The van der Waals surface area contributed by atoms with E-state index in [2.05, 4.69) is 13.8 Å². The maximum absolute atomic E-state index is 11.9. The fraction of sp³-hybridized carbons (Fsp3) is 0.862. The average molecular weight is 465 g/mol. The molecule has 2 atom stereocenters. The molecule has 4 heteroatoms. The van der Waals surface area contributed by atoms with Crippen LogP contribution >= 0.6 is 0 Å². The Balaban J connectivity index is 1.84. The molecular formula is C29H52O4. The van der Waals surface area contributed by atoms with Gasteiger partial charge in [-0.2, -0.15) is 0 Å². The fourth-order valence-electron chi connectivity index (χ4n) is 4.65. The number of unbranched alkanes of at least 4 members (excludes halogenated alkanes) is 15. The maximum atomic E-state index is 11.9. The van der Waals surface area contributed by atoms with Crippen LogP contribution in [0.3, 0.4) is 0 Å². The fourth-order valence-corrected chi connectivity index (χ4v) is 4.65. The number of rotatable bonds is 20. The van der Waals surface area contributed by atoms with Crippen LogP contribution in [-0.4, -0.2) is 24.6 Å². The second-order valence-electron chi connectivity index (χ2n) is 10.0. The SMILES string of the molecule is CCCCCCCCCCCCCCCCCCOC(=O)/C=C/C(=O)OC1CCCCC1C. The molecule has 1 aliphatic rings. The van der Waals surface area contributed by atoms with Crippen LogP contribution in [0.4, 0.5) is 0 Å². The van der Waals surface area contributed by atoms with E-state index >= 15 is 0 Å². The molecule has 1 rings (SSSR count). The third-order valence-corrected chi connectivity index (χ3v) is 6.90. The Morgan fingerprint density at radius 2 is 1.12 bits per heavy atom. The molecule has 192 valence electrons. The highest BCUT2D eigenvalue weighted by Gasteiger charge is 2.24. The molecule has 0 aromatic rings. The van der Waals surface area contributed by atoms with Crippen molar-refractivity contribution in [2.24, 2.45) is 5.92 Å². The van der Waals surface area contributed by atoms with E-state index in [1.54, 1.807) is 0 Å². The van der Waals surface area contributed by atoms with Gasteiger partial charge in [-0.15, -0.1) is 0 Å². The minimum Gasteiger partial charge on any atom is -0.463 e. The van der Waals surface area contributed by atoms with Crippen molar-refractivity contribution in [2.75, 3.05) is 6.61 Å². The van der Waals surface area contributed by atoms with E-state index in [4.69, 9.17) is 9.47 Å².